The van der Waals surface area contributed by atoms with Crippen LogP contribution in [0, 0.1) is 0 Å². The van der Waals surface area contributed by atoms with Gasteiger partial charge >= 0.3 is 0 Å². The topological polar surface area (TPSA) is 65.0 Å². The standard InChI is InChI=1S/C45H25N3O2S/c1-2-12-26(13-3-1)43-46-44(34-21-11-25-38-39(34)33-15-5-7-24-37(33)51-38)48-45(47-43)35-22-10-20-32-31-19-9-18-30(41(31)50-42(32)35)29-17-8-16-28-27-14-4-6-23-36(27)49-40(28)29/h1-25H. The van der Waals surface area contributed by atoms with Crippen molar-refractivity contribution in [2.45, 2.75) is 0 Å². The molecule has 11 aromatic rings. The van der Waals surface area contributed by atoms with Crippen LogP contribution in [0.15, 0.2) is 160 Å². The summed E-state index contributed by atoms with van der Waals surface area (Å²) >= 11 is 1.78. The fourth-order valence-electron chi connectivity index (χ4n) is 7.46. The zero-order chi connectivity index (χ0) is 33.5. The lowest BCUT2D eigenvalue weighted by Gasteiger charge is -2.10. The Bertz CT molecular complexity index is 3160. The molecule has 0 fully saturated rings. The molecule has 0 aliphatic carbocycles. The predicted molar refractivity (Wildman–Crippen MR) is 209 cm³/mol. The lowest BCUT2D eigenvalue weighted by Crippen LogP contribution is -2.00. The first-order valence-electron chi connectivity index (χ1n) is 16.9. The Kier molecular flexibility index (Phi) is 6.05. The number of furan rings is 2. The maximum Gasteiger partial charge on any atom is 0.167 e. The van der Waals surface area contributed by atoms with Crippen molar-refractivity contribution in [1.29, 1.82) is 0 Å². The molecule has 238 valence electrons. The summed E-state index contributed by atoms with van der Waals surface area (Å²) in [6.45, 7) is 0. The molecular weight excluding hydrogens is 647 g/mol. The van der Waals surface area contributed by atoms with Crippen molar-refractivity contribution in [3.05, 3.63) is 152 Å². The van der Waals surface area contributed by atoms with E-state index < -0.39 is 0 Å². The first-order chi connectivity index (χ1) is 25.3. The van der Waals surface area contributed by atoms with Crippen molar-refractivity contribution in [2.24, 2.45) is 0 Å². The fraction of sp³-hybridized carbons (Fsp3) is 0. The quantitative estimate of drug-likeness (QED) is 0.186. The summed E-state index contributed by atoms with van der Waals surface area (Å²) < 4.78 is 15.8. The Morgan fingerprint density at radius 1 is 0.353 bits per heavy atom. The summed E-state index contributed by atoms with van der Waals surface area (Å²) in [5.74, 6) is 1.79. The number of aromatic nitrogens is 3. The summed E-state index contributed by atoms with van der Waals surface area (Å²) in [5.41, 5.74) is 7.89. The lowest BCUT2D eigenvalue weighted by molar-refractivity contribution is 0.665. The van der Waals surface area contributed by atoms with Gasteiger partial charge < -0.3 is 8.83 Å². The zero-order valence-corrected chi connectivity index (χ0v) is 27.8. The molecule has 0 aliphatic rings. The molecule has 4 aromatic heterocycles. The summed E-state index contributed by atoms with van der Waals surface area (Å²) in [6, 6.07) is 52.0. The zero-order valence-electron chi connectivity index (χ0n) is 27.0. The Morgan fingerprint density at radius 2 is 0.863 bits per heavy atom. The minimum absolute atomic E-state index is 0.556. The molecule has 51 heavy (non-hydrogen) atoms. The summed E-state index contributed by atoms with van der Waals surface area (Å²) in [7, 11) is 0. The van der Waals surface area contributed by atoms with Crippen LogP contribution in [0.2, 0.25) is 0 Å². The van der Waals surface area contributed by atoms with Crippen LogP contribution in [-0.2, 0) is 0 Å². The van der Waals surface area contributed by atoms with Gasteiger partial charge in [0.05, 0.1) is 5.56 Å². The molecule has 6 heteroatoms. The Morgan fingerprint density at radius 3 is 1.65 bits per heavy atom. The van der Waals surface area contributed by atoms with E-state index in [0.717, 1.165) is 77.1 Å². The van der Waals surface area contributed by atoms with Gasteiger partial charge in [0.2, 0.25) is 0 Å². The van der Waals surface area contributed by atoms with Gasteiger partial charge in [0.25, 0.3) is 0 Å². The van der Waals surface area contributed by atoms with Crippen molar-refractivity contribution < 1.29 is 8.83 Å². The maximum atomic E-state index is 6.91. The number of nitrogens with zero attached hydrogens (tertiary/aromatic N) is 3. The predicted octanol–water partition coefficient (Wildman–Crippen LogP) is 12.7. The Balaban J connectivity index is 1.16. The number of hydrogen-bond acceptors (Lipinski definition) is 6. The lowest BCUT2D eigenvalue weighted by atomic mass is 9.99. The van der Waals surface area contributed by atoms with Crippen molar-refractivity contribution in [3.8, 4) is 45.3 Å². The van der Waals surface area contributed by atoms with E-state index in [0.29, 0.717) is 17.5 Å². The third-order valence-electron chi connectivity index (χ3n) is 9.77. The number of rotatable bonds is 4. The van der Waals surface area contributed by atoms with Gasteiger partial charge in [0.15, 0.2) is 17.5 Å². The second-order valence-electron chi connectivity index (χ2n) is 12.7. The molecule has 4 heterocycles. The fourth-order valence-corrected chi connectivity index (χ4v) is 8.59. The van der Waals surface area contributed by atoms with Gasteiger partial charge in [0.1, 0.15) is 22.3 Å². The van der Waals surface area contributed by atoms with Crippen LogP contribution >= 0.6 is 11.3 Å². The number of hydrogen-bond donors (Lipinski definition) is 0. The summed E-state index contributed by atoms with van der Waals surface area (Å²) in [6.07, 6.45) is 0. The second-order valence-corrected chi connectivity index (χ2v) is 13.8. The highest BCUT2D eigenvalue weighted by Crippen LogP contribution is 2.44. The monoisotopic (exact) mass is 671 g/mol. The van der Waals surface area contributed by atoms with Gasteiger partial charge in [-0.25, -0.2) is 15.0 Å². The molecule has 11 rings (SSSR count). The molecular formula is C45H25N3O2S. The summed E-state index contributed by atoms with van der Waals surface area (Å²) in [5, 5.41) is 6.54. The number of benzene rings is 7. The minimum Gasteiger partial charge on any atom is -0.455 e. The molecule has 0 spiro atoms. The normalized spacial score (nSPS) is 11.9. The first kappa shape index (κ1) is 28.2. The average molecular weight is 672 g/mol. The van der Waals surface area contributed by atoms with E-state index in [1.165, 1.54) is 14.8 Å². The molecule has 0 aliphatic heterocycles. The van der Waals surface area contributed by atoms with Crippen LogP contribution < -0.4 is 0 Å². The smallest absolute Gasteiger partial charge is 0.167 e. The van der Waals surface area contributed by atoms with Crippen molar-refractivity contribution in [3.63, 3.8) is 0 Å². The van der Waals surface area contributed by atoms with Gasteiger partial charge in [-0.1, -0.05) is 127 Å². The van der Waals surface area contributed by atoms with Gasteiger partial charge in [-0.3, -0.25) is 0 Å². The SMILES string of the molecule is c1ccc(-c2nc(-c3cccc4c3oc3c(-c5cccc6c5oc5ccccc56)cccc34)nc(-c3cccc4sc5ccccc5c34)n2)cc1. The highest BCUT2D eigenvalue weighted by molar-refractivity contribution is 7.25. The van der Waals surface area contributed by atoms with E-state index in [9.17, 15) is 0 Å². The van der Waals surface area contributed by atoms with Gasteiger partial charge in [-0.05, 0) is 24.3 Å². The molecule has 0 saturated heterocycles. The molecule has 0 amide bonds. The number of thiophene rings is 1. The molecule has 0 N–H and O–H groups in total. The third-order valence-corrected chi connectivity index (χ3v) is 10.9. The molecule has 7 aromatic carbocycles. The number of fused-ring (bicyclic) bond motifs is 9. The summed E-state index contributed by atoms with van der Waals surface area (Å²) in [4.78, 5) is 15.4. The van der Waals surface area contributed by atoms with E-state index in [-0.39, 0.29) is 0 Å². The third kappa shape index (κ3) is 4.30. The number of para-hydroxylation sites is 4. The van der Waals surface area contributed by atoms with Crippen LogP contribution in [0.25, 0.3) is 109 Å². The van der Waals surface area contributed by atoms with Crippen LogP contribution in [-0.4, -0.2) is 15.0 Å². The second kappa shape index (κ2) is 10.9. The maximum absolute atomic E-state index is 6.91. The van der Waals surface area contributed by atoms with Crippen LogP contribution in [0.1, 0.15) is 0 Å². The molecule has 0 radical (unpaired) electrons. The highest BCUT2D eigenvalue weighted by Gasteiger charge is 2.22. The molecule has 5 nitrogen and oxygen atoms in total. The highest BCUT2D eigenvalue weighted by atomic mass is 32.1. The van der Waals surface area contributed by atoms with Crippen LogP contribution in [0.4, 0.5) is 0 Å². The molecule has 0 atom stereocenters. The van der Waals surface area contributed by atoms with E-state index in [2.05, 4.69) is 97.1 Å². The average Bonchev–Trinajstić information content (AvgIpc) is 3.89. The van der Waals surface area contributed by atoms with Crippen LogP contribution in [0.3, 0.4) is 0 Å². The Labute approximate surface area is 295 Å². The van der Waals surface area contributed by atoms with Crippen molar-refractivity contribution in [2.75, 3.05) is 0 Å². The van der Waals surface area contributed by atoms with E-state index in [4.69, 9.17) is 23.8 Å². The van der Waals surface area contributed by atoms with E-state index in [1.54, 1.807) is 11.3 Å². The van der Waals surface area contributed by atoms with Crippen molar-refractivity contribution in [1.82, 2.24) is 15.0 Å². The molecule has 0 saturated carbocycles. The molecule has 0 unspecified atom stereocenters. The minimum atomic E-state index is 0.556. The van der Waals surface area contributed by atoms with E-state index in [1.807, 2.05) is 54.6 Å². The van der Waals surface area contributed by atoms with Crippen LogP contribution in [0.5, 0.6) is 0 Å². The van der Waals surface area contributed by atoms with Gasteiger partial charge in [0, 0.05) is 64.0 Å². The first-order valence-corrected chi connectivity index (χ1v) is 17.7. The largest absolute Gasteiger partial charge is 0.455 e. The van der Waals surface area contributed by atoms with Crippen molar-refractivity contribution >= 4 is 75.4 Å². The molecule has 0 bridgehead atoms. The Hall–Kier alpha value is -6.63. The van der Waals surface area contributed by atoms with Gasteiger partial charge in [-0.2, -0.15) is 0 Å². The van der Waals surface area contributed by atoms with Gasteiger partial charge in [-0.15, -0.1) is 11.3 Å². The van der Waals surface area contributed by atoms with E-state index >= 15 is 0 Å².